The number of para-hydroxylation sites is 1. The van der Waals surface area contributed by atoms with Crippen molar-refractivity contribution in [2.24, 2.45) is 5.92 Å². The van der Waals surface area contributed by atoms with E-state index in [0.29, 0.717) is 11.6 Å². The number of rotatable bonds is 5. The van der Waals surface area contributed by atoms with Gasteiger partial charge in [-0.1, -0.05) is 36.7 Å². The second kappa shape index (κ2) is 8.57. The first-order chi connectivity index (χ1) is 13.0. The number of nitrogens with one attached hydrogen (secondary N) is 1. The van der Waals surface area contributed by atoms with Crippen LogP contribution in [0.3, 0.4) is 0 Å². The van der Waals surface area contributed by atoms with Gasteiger partial charge >= 0.3 is 5.97 Å². The van der Waals surface area contributed by atoms with Crippen molar-refractivity contribution in [1.82, 2.24) is 15.1 Å². The predicted octanol–water partition coefficient (Wildman–Crippen LogP) is 3.69. The number of aryl methyl sites for hydroxylation is 1. The molecule has 1 heterocycles. The van der Waals surface area contributed by atoms with Crippen molar-refractivity contribution in [3.8, 4) is 5.69 Å². The van der Waals surface area contributed by atoms with Crippen LogP contribution in [0.4, 0.5) is 0 Å². The van der Waals surface area contributed by atoms with Crippen LogP contribution in [0.15, 0.2) is 30.3 Å². The normalized spacial score (nSPS) is 19.5. The van der Waals surface area contributed by atoms with Gasteiger partial charge in [-0.3, -0.25) is 4.79 Å². The zero-order chi connectivity index (χ0) is 19.4. The molecule has 1 fully saturated rings. The first kappa shape index (κ1) is 19.4. The number of aromatic nitrogens is 2. The molecule has 27 heavy (non-hydrogen) atoms. The van der Waals surface area contributed by atoms with Gasteiger partial charge in [0.25, 0.3) is 5.91 Å². The second-order valence-corrected chi connectivity index (χ2v) is 7.46. The smallest absolute Gasteiger partial charge is 0.343 e. The third-order valence-corrected chi connectivity index (χ3v) is 5.27. The van der Waals surface area contributed by atoms with Crippen molar-refractivity contribution in [3.05, 3.63) is 46.7 Å². The Morgan fingerprint density at radius 1 is 1.22 bits per heavy atom. The molecular formula is C20H24ClN3O3. The summed E-state index contributed by atoms with van der Waals surface area (Å²) < 4.78 is 6.66. The number of amides is 1. The Kier molecular flexibility index (Phi) is 6.16. The standard InChI is InChI=1S/C20H24ClN3O3/c1-13-8-10-15(11-9-13)22-17(25)12-27-20(26)18-14(2)23-24(19(18)21)16-6-4-3-5-7-16/h3-7,13,15H,8-12H2,1-2H3,(H,22,25). The molecule has 0 spiro atoms. The fourth-order valence-corrected chi connectivity index (χ4v) is 3.70. The highest BCUT2D eigenvalue weighted by Crippen LogP contribution is 2.25. The fourth-order valence-electron chi connectivity index (χ4n) is 3.35. The number of benzene rings is 1. The first-order valence-electron chi connectivity index (χ1n) is 9.22. The van der Waals surface area contributed by atoms with Gasteiger partial charge in [0.15, 0.2) is 6.61 Å². The average molecular weight is 390 g/mol. The van der Waals surface area contributed by atoms with Gasteiger partial charge in [0.1, 0.15) is 10.7 Å². The maximum atomic E-state index is 12.4. The highest BCUT2D eigenvalue weighted by molar-refractivity contribution is 6.33. The van der Waals surface area contributed by atoms with Crippen molar-refractivity contribution in [2.45, 2.75) is 45.6 Å². The molecule has 0 unspecified atom stereocenters. The molecule has 3 rings (SSSR count). The SMILES string of the molecule is Cc1nn(-c2ccccc2)c(Cl)c1C(=O)OCC(=O)NC1CCC(C)CC1. The number of hydrogen-bond acceptors (Lipinski definition) is 4. The lowest BCUT2D eigenvalue weighted by Gasteiger charge is -2.26. The van der Waals surface area contributed by atoms with Gasteiger partial charge in [-0.15, -0.1) is 0 Å². The molecular weight excluding hydrogens is 366 g/mol. The van der Waals surface area contributed by atoms with Crippen molar-refractivity contribution in [1.29, 1.82) is 0 Å². The van der Waals surface area contributed by atoms with Crippen molar-refractivity contribution >= 4 is 23.5 Å². The maximum Gasteiger partial charge on any atom is 0.343 e. The molecule has 1 aromatic heterocycles. The number of esters is 1. The second-order valence-electron chi connectivity index (χ2n) is 7.10. The van der Waals surface area contributed by atoms with Crippen LogP contribution in [0.25, 0.3) is 5.69 Å². The quantitative estimate of drug-likeness (QED) is 0.791. The van der Waals surface area contributed by atoms with Gasteiger partial charge in [0.05, 0.1) is 11.4 Å². The number of hydrogen-bond donors (Lipinski definition) is 1. The lowest BCUT2D eigenvalue weighted by molar-refractivity contribution is -0.125. The molecule has 0 bridgehead atoms. The van der Waals surface area contributed by atoms with Gasteiger partial charge in [0.2, 0.25) is 0 Å². The molecule has 1 aliphatic carbocycles. The van der Waals surface area contributed by atoms with Gasteiger partial charge in [-0.25, -0.2) is 9.48 Å². The van der Waals surface area contributed by atoms with Gasteiger partial charge < -0.3 is 10.1 Å². The Bertz CT molecular complexity index is 811. The molecule has 1 aromatic carbocycles. The highest BCUT2D eigenvalue weighted by atomic mass is 35.5. The third kappa shape index (κ3) is 4.69. The van der Waals surface area contributed by atoms with Crippen molar-refractivity contribution in [2.75, 3.05) is 6.61 Å². The summed E-state index contributed by atoms with van der Waals surface area (Å²) in [4.78, 5) is 24.5. The summed E-state index contributed by atoms with van der Waals surface area (Å²) in [5.41, 5.74) is 1.38. The van der Waals surface area contributed by atoms with Crippen LogP contribution in [0, 0.1) is 12.8 Å². The van der Waals surface area contributed by atoms with E-state index in [1.54, 1.807) is 6.92 Å². The average Bonchev–Trinajstić information content (AvgIpc) is 2.97. The third-order valence-electron chi connectivity index (χ3n) is 4.92. The van der Waals surface area contributed by atoms with E-state index in [-0.39, 0.29) is 29.3 Å². The lowest BCUT2D eigenvalue weighted by Crippen LogP contribution is -2.39. The number of halogens is 1. The van der Waals surface area contributed by atoms with Crippen LogP contribution in [0.5, 0.6) is 0 Å². The first-order valence-corrected chi connectivity index (χ1v) is 9.60. The molecule has 0 saturated heterocycles. The van der Waals surface area contributed by atoms with Gasteiger partial charge in [0, 0.05) is 6.04 Å². The van der Waals surface area contributed by atoms with Crippen LogP contribution in [0.2, 0.25) is 5.15 Å². The molecule has 1 saturated carbocycles. The summed E-state index contributed by atoms with van der Waals surface area (Å²) in [6.45, 7) is 3.59. The minimum absolute atomic E-state index is 0.165. The van der Waals surface area contributed by atoms with Crippen molar-refractivity contribution < 1.29 is 14.3 Å². The number of carbonyl (C=O) groups excluding carboxylic acids is 2. The van der Waals surface area contributed by atoms with E-state index in [4.69, 9.17) is 16.3 Å². The van der Waals surface area contributed by atoms with E-state index >= 15 is 0 Å². The fraction of sp³-hybridized carbons (Fsp3) is 0.450. The highest BCUT2D eigenvalue weighted by Gasteiger charge is 2.24. The molecule has 0 radical (unpaired) electrons. The van der Waals surface area contributed by atoms with Crippen LogP contribution < -0.4 is 5.32 Å². The summed E-state index contributed by atoms with van der Waals surface area (Å²) in [7, 11) is 0. The zero-order valence-electron chi connectivity index (χ0n) is 15.6. The molecule has 7 heteroatoms. The lowest BCUT2D eigenvalue weighted by atomic mass is 9.87. The maximum absolute atomic E-state index is 12.4. The molecule has 1 amide bonds. The van der Waals surface area contributed by atoms with E-state index in [2.05, 4.69) is 17.3 Å². The van der Waals surface area contributed by atoms with Crippen LogP contribution in [-0.4, -0.2) is 34.3 Å². The Balaban J connectivity index is 1.60. The van der Waals surface area contributed by atoms with E-state index in [9.17, 15) is 9.59 Å². The Labute approximate surface area is 163 Å². The van der Waals surface area contributed by atoms with E-state index in [1.807, 2.05) is 30.3 Å². The van der Waals surface area contributed by atoms with Crippen LogP contribution >= 0.6 is 11.6 Å². The molecule has 1 aliphatic rings. The summed E-state index contributed by atoms with van der Waals surface area (Å²) in [6, 6.07) is 9.44. The molecule has 0 aliphatic heterocycles. The van der Waals surface area contributed by atoms with Gasteiger partial charge in [-0.2, -0.15) is 5.10 Å². The zero-order valence-corrected chi connectivity index (χ0v) is 16.3. The monoisotopic (exact) mass is 389 g/mol. The molecule has 6 nitrogen and oxygen atoms in total. The summed E-state index contributed by atoms with van der Waals surface area (Å²) in [6.07, 6.45) is 4.15. The topological polar surface area (TPSA) is 73.2 Å². The predicted molar refractivity (Wildman–Crippen MR) is 103 cm³/mol. The minimum Gasteiger partial charge on any atom is -0.452 e. The minimum atomic E-state index is -0.646. The Morgan fingerprint density at radius 3 is 2.56 bits per heavy atom. The summed E-state index contributed by atoms with van der Waals surface area (Å²) in [5.74, 6) is -0.221. The molecule has 0 atom stereocenters. The van der Waals surface area contributed by atoms with Gasteiger partial charge in [-0.05, 0) is 50.7 Å². The van der Waals surface area contributed by atoms with Crippen LogP contribution in [0.1, 0.15) is 48.7 Å². The Hall–Kier alpha value is -2.34. The van der Waals surface area contributed by atoms with E-state index in [1.165, 1.54) is 4.68 Å². The summed E-state index contributed by atoms with van der Waals surface area (Å²) in [5, 5.41) is 7.42. The number of ether oxygens (including phenoxy) is 1. The van der Waals surface area contributed by atoms with Crippen LogP contribution in [-0.2, 0) is 9.53 Å². The number of carbonyl (C=O) groups is 2. The summed E-state index contributed by atoms with van der Waals surface area (Å²) >= 11 is 6.34. The van der Waals surface area contributed by atoms with E-state index in [0.717, 1.165) is 31.4 Å². The largest absolute Gasteiger partial charge is 0.452 e. The molecule has 2 aromatic rings. The molecule has 144 valence electrons. The van der Waals surface area contributed by atoms with Crippen molar-refractivity contribution in [3.63, 3.8) is 0 Å². The number of nitrogens with zero attached hydrogens (tertiary/aromatic N) is 2. The molecule has 1 N–H and O–H groups in total. The van der Waals surface area contributed by atoms with E-state index < -0.39 is 5.97 Å². The Morgan fingerprint density at radius 2 is 1.89 bits per heavy atom.